The minimum atomic E-state index is -0.861. The Morgan fingerprint density at radius 3 is 2.66 bits per heavy atom. The molecule has 3 aromatic rings. The Morgan fingerprint density at radius 1 is 1.28 bits per heavy atom. The zero-order chi connectivity index (χ0) is 21.0. The molecule has 29 heavy (non-hydrogen) atoms. The van der Waals surface area contributed by atoms with E-state index in [1.807, 2.05) is 23.6 Å². The summed E-state index contributed by atoms with van der Waals surface area (Å²) >= 11 is 4.20. The summed E-state index contributed by atoms with van der Waals surface area (Å²) in [7, 11) is 0. The van der Waals surface area contributed by atoms with Crippen molar-refractivity contribution < 1.29 is 13.6 Å². The number of rotatable bonds is 7. The van der Waals surface area contributed by atoms with Gasteiger partial charge in [-0.2, -0.15) is 0 Å². The summed E-state index contributed by atoms with van der Waals surface area (Å²) in [5.74, 6) is -1.46. The lowest BCUT2D eigenvalue weighted by molar-refractivity contribution is -0.113. The Bertz CT molecular complexity index is 1040. The van der Waals surface area contributed by atoms with Crippen molar-refractivity contribution in [2.45, 2.75) is 18.6 Å². The van der Waals surface area contributed by atoms with Crippen LogP contribution in [0.3, 0.4) is 0 Å². The minimum Gasteiger partial charge on any atom is -0.322 e. The number of thioether (sulfide) groups is 1. The molecule has 10 heteroatoms. The second-order valence-corrected chi connectivity index (χ2v) is 7.96. The van der Waals surface area contributed by atoms with Crippen LogP contribution in [-0.2, 0) is 11.3 Å². The SMILES string of the molecule is C=C(C)Cn1c(SCC(=O)Nc2c(F)cc(F)cc2Br)nnc1-c1ccncc1. The summed E-state index contributed by atoms with van der Waals surface area (Å²) in [6, 6.07) is 5.41. The van der Waals surface area contributed by atoms with Crippen LogP contribution in [0, 0.1) is 11.6 Å². The number of carbonyl (C=O) groups excluding carboxylic acids is 1. The number of nitrogens with zero attached hydrogens (tertiary/aromatic N) is 4. The standard InChI is InChI=1S/C19H16BrF2N5OS/c1-11(2)9-27-18(12-3-5-23-6-4-12)25-26-19(27)29-10-16(28)24-17-14(20)7-13(21)8-15(17)22/h3-8H,1,9-10H2,2H3,(H,24,28). The zero-order valence-corrected chi connectivity index (χ0v) is 17.7. The molecule has 1 N–H and O–H groups in total. The molecule has 0 aliphatic heterocycles. The van der Waals surface area contributed by atoms with Crippen LogP contribution < -0.4 is 5.32 Å². The van der Waals surface area contributed by atoms with Gasteiger partial charge >= 0.3 is 0 Å². The van der Waals surface area contributed by atoms with Gasteiger partial charge in [-0.1, -0.05) is 23.9 Å². The molecular weight excluding hydrogens is 464 g/mol. The first kappa shape index (κ1) is 21.1. The third-order valence-electron chi connectivity index (χ3n) is 3.69. The van der Waals surface area contributed by atoms with Crippen LogP contribution in [0.15, 0.2) is 58.4 Å². The van der Waals surface area contributed by atoms with Crippen LogP contribution in [0.25, 0.3) is 11.4 Å². The fraction of sp³-hybridized carbons (Fsp3) is 0.158. The topological polar surface area (TPSA) is 72.7 Å². The molecule has 1 amide bonds. The first-order chi connectivity index (χ1) is 13.8. The van der Waals surface area contributed by atoms with Gasteiger partial charge in [0.1, 0.15) is 5.82 Å². The normalized spacial score (nSPS) is 10.8. The molecule has 0 saturated heterocycles. The van der Waals surface area contributed by atoms with Gasteiger partial charge in [-0.25, -0.2) is 8.78 Å². The average Bonchev–Trinajstić information content (AvgIpc) is 3.05. The molecule has 2 aromatic heterocycles. The number of allylic oxidation sites excluding steroid dienone is 1. The van der Waals surface area contributed by atoms with Crippen LogP contribution in [0.1, 0.15) is 6.92 Å². The van der Waals surface area contributed by atoms with Crippen molar-refractivity contribution >= 4 is 39.3 Å². The van der Waals surface area contributed by atoms with Crippen molar-refractivity contribution in [2.24, 2.45) is 0 Å². The van der Waals surface area contributed by atoms with Crippen LogP contribution in [0.2, 0.25) is 0 Å². The number of hydrogen-bond donors (Lipinski definition) is 1. The number of anilines is 1. The van der Waals surface area contributed by atoms with Gasteiger partial charge in [-0.3, -0.25) is 14.3 Å². The molecular formula is C19H16BrF2N5OS. The van der Waals surface area contributed by atoms with Crippen molar-refractivity contribution in [3.05, 3.63) is 64.9 Å². The number of hydrogen-bond acceptors (Lipinski definition) is 5. The second-order valence-electron chi connectivity index (χ2n) is 6.17. The molecule has 0 aliphatic rings. The second kappa shape index (κ2) is 9.27. The van der Waals surface area contributed by atoms with E-state index in [4.69, 9.17) is 0 Å². The highest BCUT2D eigenvalue weighted by atomic mass is 79.9. The predicted molar refractivity (Wildman–Crippen MR) is 111 cm³/mol. The molecule has 0 saturated carbocycles. The van der Waals surface area contributed by atoms with Crippen LogP contribution in [-0.4, -0.2) is 31.4 Å². The highest BCUT2D eigenvalue weighted by molar-refractivity contribution is 9.10. The van der Waals surface area contributed by atoms with E-state index in [9.17, 15) is 13.6 Å². The van der Waals surface area contributed by atoms with Crippen LogP contribution in [0.4, 0.5) is 14.5 Å². The summed E-state index contributed by atoms with van der Waals surface area (Å²) in [6.45, 7) is 6.29. The van der Waals surface area contributed by atoms with Crippen LogP contribution in [0.5, 0.6) is 0 Å². The third-order valence-corrected chi connectivity index (χ3v) is 5.28. The van der Waals surface area contributed by atoms with Gasteiger partial charge in [0.2, 0.25) is 5.91 Å². The van der Waals surface area contributed by atoms with E-state index < -0.39 is 17.5 Å². The number of halogens is 3. The molecule has 0 radical (unpaired) electrons. The molecule has 0 unspecified atom stereocenters. The van der Waals surface area contributed by atoms with Gasteiger partial charge < -0.3 is 5.32 Å². The Balaban J connectivity index is 1.76. The lowest BCUT2D eigenvalue weighted by Crippen LogP contribution is -2.16. The molecule has 3 rings (SSSR count). The first-order valence-corrected chi connectivity index (χ1v) is 10.2. The third kappa shape index (κ3) is 5.27. The van der Waals surface area contributed by atoms with Gasteiger partial charge in [-0.15, -0.1) is 10.2 Å². The molecule has 0 aliphatic carbocycles. The molecule has 6 nitrogen and oxygen atoms in total. The molecule has 0 bridgehead atoms. The van der Waals surface area contributed by atoms with Gasteiger partial charge in [0.15, 0.2) is 16.8 Å². The van der Waals surface area contributed by atoms with E-state index in [2.05, 4.69) is 43.0 Å². The maximum absolute atomic E-state index is 13.9. The average molecular weight is 480 g/mol. The molecule has 0 fully saturated rings. The lowest BCUT2D eigenvalue weighted by Gasteiger charge is -2.11. The van der Waals surface area contributed by atoms with E-state index in [1.54, 1.807) is 12.4 Å². The quantitative estimate of drug-likeness (QED) is 0.393. The van der Waals surface area contributed by atoms with Gasteiger partial charge in [0, 0.05) is 35.0 Å². The molecule has 150 valence electrons. The maximum atomic E-state index is 13.9. The molecule has 0 spiro atoms. The fourth-order valence-corrected chi connectivity index (χ4v) is 3.73. The number of benzene rings is 1. The van der Waals surface area contributed by atoms with E-state index in [-0.39, 0.29) is 15.9 Å². The minimum absolute atomic E-state index is 0.0338. The molecule has 0 atom stereocenters. The summed E-state index contributed by atoms with van der Waals surface area (Å²) in [5.41, 5.74) is 1.61. The van der Waals surface area contributed by atoms with Gasteiger partial charge in [-0.05, 0) is 41.1 Å². The van der Waals surface area contributed by atoms with Crippen molar-refractivity contribution in [1.82, 2.24) is 19.7 Å². The number of aromatic nitrogens is 4. The maximum Gasteiger partial charge on any atom is 0.234 e. The highest BCUT2D eigenvalue weighted by Crippen LogP contribution is 2.28. The number of pyridine rings is 1. The van der Waals surface area contributed by atoms with E-state index in [0.717, 1.165) is 29.0 Å². The smallest absolute Gasteiger partial charge is 0.234 e. The van der Waals surface area contributed by atoms with Crippen molar-refractivity contribution in [2.75, 3.05) is 11.1 Å². The summed E-state index contributed by atoms with van der Waals surface area (Å²) in [4.78, 5) is 16.3. The first-order valence-electron chi connectivity index (χ1n) is 8.40. The van der Waals surface area contributed by atoms with E-state index >= 15 is 0 Å². The molecule has 1 aromatic carbocycles. The van der Waals surface area contributed by atoms with E-state index in [0.29, 0.717) is 23.6 Å². The summed E-state index contributed by atoms with van der Waals surface area (Å²) in [6.07, 6.45) is 3.31. The predicted octanol–water partition coefficient (Wildman–Crippen LogP) is 4.69. The van der Waals surface area contributed by atoms with Crippen molar-refractivity contribution in [3.8, 4) is 11.4 Å². The highest BCUT2D eigenvalue weighted by Gasteiger charge is 2.17. The Labute approximate surface area is 178 Å². The number of carbonyl (C=O) groups is 1. The van der Waals surface area contributed by atoms with E-state index in [1.165, 1.54) is 0 Å². The monoisotopic (exact) mass is 479 g/mol. The summed E-state index contributed by atoms with van der Waals surface area (Å²) < 4.78 is 29.1. The Kier molecular flexibility index (Phi) is 6.75. The fourth-order valence-electron chi connectivity index (χ4n) is 2.49. The number of nitrogens with one attached hydrogen (secondary N) is 1. The van der Waals surface area contributed by atoms with Crippen LogP contribution >= 0.6 is 27.7 Å². The van der Waals surface area contributed by atoms with Crippen molar-refractivity contribution in [1.29, 1.82) is 0 Å². The largest absolute Gasteiger partial charge is 0.322 e. The molecule has 2 heterocycles. The zero-order valence-electron chi connectivity index (χ0n) is 15.3. The Hall–Kier alpha value is -2.59. The van der Waals surface area contributed by atoms with Gasteiger partial charge in [0.25, 0.3) is 0 Å². The van der Waals surface area contributed by atoms with Crippen molar-refractivity contribution in [3.63, 3.8) is 0 Å². The lowest BCUT2D eigenvalue weighted by atomic mass is 10.2. The Morgan fingerprint density at radius 2 is 2.00 bits per heavy atom. The van der Waals surface area contributed by atoms with Gasteiger partial charge in [0.05, 0.1) is 11.4 Å². The number of amides is 1. The summed E-state index contributed by atoms with van der Waals surface area (Å²) in [5, 5.41) is 11.4.